The van der Waals surface area contributed by atoms with Crippen LogP contribution >= 0.6 is 15.9 Å². The second-order valence-electron chi connectivity index (χ2n) is 3.81. The molecule has 0 fully saturated rings. The van der Waals surface area contributed by atoms with E-state index in [-0.39, 0.29) is 5.56 Å². The number of nitrogens with zero attached hydrogens (tertiary/aromatic N) is 2. The highest BCUT2D eigenvalue weighted by Crippen LogP contribution is 2.22. The summed E-state index contributed by atoms with van der Waals surface area (Å²) in [5, 5.41) is 9.11. The van der Waals surface area contributed by atoms with Gasteiger partial charge in [0.05, 0.1) is 17.3 Å². The molecule has 1 aromatic carbocycles. The van der Waals surface area contributed by atoms with Crippen LogP contribution < -0.4 is 0 Å². The lowest BCUT2D eigenvalue weighted by molar-refractivity contribution is 0.0973. The third-order valence-electron chi connectivity index (χ3n) is 2.57. The summed E-state index contributed by atoms with van der Waals surface area (Å²) in [5.41, 5.74) is 0.206. The average molecular weight is 319 g/mol. The lowest BCUT2D eigenvalue weighted by Gasteiger charge is -2.08. The Morgan fingerprint density at radius 3 is 2.74 bits per heavy atom. The molecular formula is C14H8BrFN2O. The Labute approximate surface area is 117 Å². The SMILES string of the molecule is N#CC(C(=O)c1ccc(Br)cc1F)c1ccccn1. The van der Waals surface area contributed by atoms with Crippen LogP contribution in [0.1, 0.15) is 22.0 Å². The minimum Gasteiger partial charge on any atom is -0.292 e. The van der Waals surface area contributed by atoms with E-state index in [0.717, 1.165) is 0 Å². The van der Waals surface area contributed by atoms with E-state index in [0.29, 0.717) is 10.2 Å². The van der Waals surface area contributed by atoms with Crippen LogP contribution in [-0.2, 0) is 0 Å². The summed E-state index contributed by atoms with van der Waals surface area (Å²) < 4.78 is 14.3. The topological polar surface area (TPSA) is 53.8 Å². The van der Waals surface area contributed by atoms with Crippen LogP contribution in [-0.4, -0.2) is 10.8 Å². The Hall–Kier alpha value is -2.06. The summed E-state index contributed by atoms with van der Waals surface area (Å²) in [6, 6.07) is 10.9. The van der Waals surface area contributed by atoms with Crippen LogP contribution in [0.5, 0.6) is 0 Å². The molecule has 0 N–H and O–H groups in total. The van der Waals surface area contributed by atoms with E-state index in [9.17, 15) is 9.18 Å². The van der Waals surface area contributed by atoms with E-state index < -0.39 is 17.5 Å². The first kappa shape index (κ1) is 13.4. The van der Waals surface area contributed by atoms with E-state index in [1.807, 2.05) is 6.07 Å². The molecule has 1 heterocycles. The molecule has 3 nitrogen and oxygen atoms in total. The smallest absolute Gasteiger partial charge is 0.189 e. The molecule has 0 saturated heterocycles. The van der Waals surface area contributed by atoms with Crippen molar-refractivity contribution in [2.45, 2.75) is 5.92 Å². The van der Waals surface area contributed by atoms with Crippen molar-refractivity contribution in [3.63, 3.8) is 0 Å². The molecule has 0 aliphatic rings. The van der Waals surface area contributed by atoms with Crippen LogP contribution in [0.3, 0.4) is 0 Å². The molecule has 1 aromatic heterocycles. The Morgan fingerprint density at radius 2 is 2.16 bits per heavy atom. The third kappa shape index (κ3) is 2.85. The zero-order valence-electron chi connectivity index (χ0n) is 9.68. The monoisotopic (exact) mass is 318 g/mol. The van der Waals surface area contributed by atoms with Crippen LogP contribution in [0.4, 0.5) is 4.39 Å². The van der Waals surface area contributed by atoms with Gasteiger partial charge in [0, 0.05) is 10.7 Å². The summed E-state index contributed by atoms with van der Waals surface area (Å²) >= 11 is 3.12. The fraction of sp³-hybridized carbons (Fsp3) is 0.0714. The van der Waals surface area contributed by atoms with Crippen molar-refractivity contribution in [3.8, 4) is 6.07 Å². The maximum atomic E-state index is 13.7. The number of ketones is 1. The van der Waals surface area contributed by atoms with Gasteiger partial charge in [-0.05, 0) is 30.3 Å². The fourth-order valence-corrected chi connectivity index (χ4v) is 1.98. The molecule has 0 amide bonds. The van der Waals surface area contributed by atoms with Crippen molar-refractivity contribution in [2.75, 3.05) is 0 Å². The molecule has 0 bridgehead atoms. The number of hydrogen-bond donors (Lipinski definition) is 0. The van der Waals surface area contributed by atoms with Gasteiger partial charge in [0.1, 0.15) is 5.82 Å². The number of carbonyl (C=O) groups excluding carboxylic acids is 1. The van der Waals surface area contributed by atoms with Gasteiger partial charge in [-0.25, -0.2) is 4.39 Å². The van der Waals surface area contributed by atoms with Crippen molar-refractivity contribution in [1.82, 2.24) is 4.98 Å². The number of carbonyl (C=O) groups is 1. The molecule has 0 aliphatic heterocycles. The number of aromatic nitrogens is 1. The molecule has 94 valence electrons. The first-order valence-corrected chi connectivity index (χ1v) is 6.22. The van der Waals surface area contributed by atoms with Gasteiger partial charge >= 0.3 is 0 Å². The summed E-state index contributed by atoms with van der Waals surface area (Å²) in [5.74, 6) is -2.35. The third-order valence-corrected chi connectivity index (χ3v) is 3.06. The Bertz CT molecular complexity index is 652. The quantitative estimate of drug-likeness (QED) is 0.814. The highest BCUT2D eigenvalue weighted by atomic mass is 79.9. The number of nitriles is 1. The normalized spacial score (nSPS) is 11.6. The van der Waals surface area contributed by atoms with Crippen molar-refractivity contribution in [2.24, 2.45) is 0 Å². The van der Waals surface area contributed by atoms with Gasteiger partial charge in [-0.1, -0.05) is 22.0 Å². The first-order chi connectivity index (χ1) is 9.13. The second kappa shape index (κ2) is 5.72. The summed E-state index contributed by atoms with van der Waals surface area (Å²) in [6.07, 6.45) is 1.49. The van der Waals surface area contributed by atoms with Crippen molar-refractivity contribution < 1.29 is 9.18 Å². The maximum Gasteiger partial charge on any atom is 0.189 e. The lowest BCUT2D eigenvalue weighted by atomic mass is 9.95. The van der Waals surface area contributed by atoms with Gasteiger partial charge in [-0.15, -0.1) is 0 Å². The Balaban J connectivity index is 2.40. The van der Waals surface area contributed by atoms with Gasteiger partial charge < -0.3 is 0 Å². The standard InChI is InChI=1S/C14H8BrFN2O/c15-9-4-5-10(12(16)7-9)14(19)11(8-17)13-3-1-2-6-18-13/h1-7,11H. The Kier molecular flexibility index (Phi) is 4.03. The highest BCUT2D eigenvalue weighted by molar-refractivity contribution is 9.10. The van der Waals surface area contributed by atoms with E-state index in [1.165, 1.54) is 18.3 Å². The highest BCUT2D eigenvalue weighted by Gasteiger charge is 2.25. The molecule has 2 aromatic rings. The molecule has 0 spiro atoms. The molecule has 1 atom stereocenters. The summed E-state index contributed by atoms with van der Waals surface area (Å²) in [7, 11) is 0. The van der Waals surface area contributed by atoms with E-state index in [4.69, 9.17) is 5.26 Å². The molecule has 0 saturated carbocycles. The van der Waals surface area contributed by atoms with Gasteiger partial charge in [-0.2, -0.15) is 5.26 Å². The van der Waals surface area contributed by atoms with E-state index in [2.05, 4.69) is 20.9 Å². The molecule has 5 heteroatoms. The van der Waals surface area contributed by atoms with Gasteiger partial charge in [-0.3, -0.25) is 9.78 Å². The number of Topliss-reactive ketones (excluding diaryl/α,β-unsaturated/α-hetero) is 1. The van der Waals surface area contributed by atoms with Gasteiger partial charge in [0.25, 0.3) is 0 Å². The largest absolute Gasteiger partial charge is 0.292 e. The molecule has 19 heavy (non-hydrogen) atoms. The average Bonchev–Trinajstić information content (AvgIpc) is 2.40. The van der Waals surface area contributed by atoms with Crippen molar-refractivity contribution >= 4 is 21.7 Å². The predicted octanol–water partition coefficient (Wildman–Crippen LogP) is 3.47. The number of hydrogen-bond acceptors (Lipinski definition) is 3. The van der Waals surface area contributed by atoms with Gasteiger partial charge in [0.2, 0.25) is 0 Å². The molecule has 2 rings (SSSR count). The van der Waals surface area contributed by atoms with E-state index in [1.54, 1.807) is 24.3 Å². The number of benzene rings is 1. The lowest BCUT2D eigenvalue weighted by Crippen LogP contribution is -2.14. The maximum absolute atomic E-state index is 13.7. The molecular weight excluding hydrogens is 311 g/mol. The minimum absolute atomic E-state index is 0.111. The summed E-state index contributed by atoms with van der Waals surface area (Å²) in [4.78, 5) is 16.2. The van der Waals surface area contributed by atoms with Gasteiger partial charge in [0.15, 0.2) is 11.7 Å². The van der Waals surface area contributed by atoms with Crippen LogP contribution in [0.15, 0.2) is 47.1 Å². The molecule has 0 aliphatic carbocycles. The second-order valence-corrected chi connectivity index (χ2v) is 4.72. The summed E-state index contributed by atoms with van der Waals surface area (Å²) in [6.45, 7) is 0. The number of pyridine rings is 1. The minimum atomic E-state index is -1.10. The van der Waals surface area contributed by atoms with Crippen LogP contribution in [0.2, 0.25) is 0 Å². The predicted molar refractivity (Wildman–Crippen MR) is 71.0 cm³/mol. The molecule has 1 unspecified atom stereocenters. The Morgan fingerprint density at radius 1 is 1.37 bits per heavy atom. The first-order valence-electron chi connectivity index (χ1n) is 5.43. The van der Waals surface area contributed by atoms with E-state index >= 15 is 0 Å². The van der Waals surface area contributed by atoms with Crippen molar-refractivity contribution in [3.05, 3.63) is 64.1 Å². The zero-order chi connectivity index (χ0) is 13.8. The fourth-order valence-electron chi connectivity index (χ4n) is 1.65. The number of halogens is 2. The van der Waals surface area contributed by atoms with Crippen LogP contribution in [0.25, 0.3) is 0 Å². The van der Waals surface area contributed by atoms with Crippen LogP contribution in [0, 0.1) is 17.1 Å². The van der Waals surface area contributed by atoms with Crippen molar-refractivity contribution in [1.29, 1.82) is 5.26 Å². The number of rotatable bonds is 3. The molecule has 0 radical (unpaired) electrons. The zero-order valence-corrected chi connectivity index (χ0v) is 11.3.